The number of carbonyl (C=O) groups is 3. The Labute approximate surface area is 123 Å². The molecule has 0 unspecified atom stereocenters. The Balaban J connectivity index is 4.38. The molecule has 0 heterocycles. The van der Waals surface area contributed by atoms with Gasteiger partial charge >= 0.3 is 18.2 Å². The van der Waals surface area contributed by atoms with E-state index in [2.05, 4.69) is 21.9 Å². The van der Waals surface area contributed by atoms with E-state index in [1.807, 2.05) is 0 Å². The number of carbonyl (C=O) groups excluding carboxylic acids is 2. The molecule has 0 bridgehead atoms. The number of nitrogens with one attached hydrogen (secondary N) is 2. The lowest BCUT2D eigenvalue weighted by Gasteiger charge is -2.23. The highest BCUT2D eigenvalue weighted by Crippen LogP contribution is 2.07. The highest BCUT2D eigenvalue weighted by molar-refractivity contribution is 5.72. The summed E-state index contributed by atoms with van der Waals surface area (Å²) in [6.07, 6.45) is -0.444. The molecule has 0 saturated carbocycles. The van der Waals surface area contributed by atoms with Crippen LogP contribution in [0.15, 0.2) is 12.7 Å². The van der Waals surface area contributed by atoms with Gasteiger partial charge in [0.1, 0.15) is 12.2 Å². The number of alkyl carbamates (subject to hydrolysis) is 2. The van der Waals surface area contributed by atoms with E-state index < -0.39 is 29.8 Å². The van der Waals surface area contributed by atoms with Gasteiger partial charge in [-0.05, 0) is 20.8 Å². The van der Waals surface area contributed by atoms with E-state index in [0.29, 0.717) is 0 Å². The minimum Gasteiger partial charge on any atom is -0.481 e. The van der Waals surface area contributed by atoms with Crippen molar-refractivity contribution in [2.24, 2.45) is 0 Å². The topological polar surface area (TPSA) is 114 Å². The van der Waals surface area contributed by atoms with Gasteiger partial charge in [-0.3, -0.25) is 4.79 Å². The van der Waals surface area contributed by atoms with Gasteiger partial charge in [-0.1, -0.05) is 12.7 Å². The fourth-order valence-electron chi connectivity index (χ4n) is 1.25. The predicted octanol–water partition coefficient (Wildman–Crippen LogP) is 1.27. The highest BCUT2D eigenvalue weighted by Gasteiger charge is 2.21. The zero-order chi connectivity index (χ0) is 16.5. The molecule has 0 aromatic rings. The fraction of sp³-hybridized carbons (Fsp3) is 0.615. The van der Waals surface area contributed by atoms with Crippen LogP contribution in [0.1, 0.15) is 27.2 Å². The van der Waals surface area contributed by atoms with Crippen LogP contribution in [0.25, 0.3) is 0 Å². The summed E-state index contributed by atoms with van der Waals surface area (Å²) in [7, 11) is 0. The number of ether oxygens (including phenoxy) is 2. The quantitative estimate of drug-likeness (QED) is 0.610. The second kappa shape index (κ2) is 8.83. The second-order valence-corrected chi connectivity index (χ2v) is 5.21. The Bertz CT molecular complexity index is 389. The van der Waals surface area contributed by atoms with Crippen LogP contribution >= 0.6 is 0 Å². The maximum atomic E-state index is 11.6. The summed E-state index contributed by atoms with van der Waals surface area (Å²) in [5.74, 6) is -1.11. The molecule has 8 nitrogen and oxygen atoms in total. The Morgan fingerprint density at radius 2 is 1.90 bits per heavy atom. The molecule has 0 spiro atoms. The first kappa shape index (κ1) is 18.8. The first-order valence-electron chi connectivity index (χ1n) is 6.37. The predicted molar refractivity (Wildman–Crippen MR) is 75.0 cm³/mol. The zero-order valence-electron chi connectivity index (χ0n) is 12.5. The van der Waals surface area contributed by atoms with E-state index in [0.717, 1.165) is 0 Å². The SMILES string of the molecule is C=CCOC(=O)NC[C@@H](CC(=O)O)NC(=O)OC(C)(C)C. The van der Waals surface area contributed by atoms with Crippen molar-refractivity contribution in [3.05, 3.63) is 12.7 Å². The summed E-state index contributed by atoms with van der Waals surface area (Å²) in [6.45, 7) is 8.38. The molecule has 0 rings (SSSR count). The zero-order valence-corrected chi connectivity index (χ0v) is 12.5. The molecule has 0 aromatic heterocycles. The minimum absolute atomic E-state index is 0.0366. The number of hydrogen-bond donors (Lipinski definition) is 3. The van der Waals surface area contributed by atoms with Crippen molar-refractivity contribution in [1.82, 2.24) is 10.6 Å². The van der Waals surface area contributed by atoms with Crippen LogP contribution in [0.4, 0.5) is 9.59 Å². The summed E-state index contributed by atoms with van der Waals surface area (Å²) in [4.78, 5) is 33.6. The van der Waals surface area contributed by atoms with Gasteiger partial charge in [-0.15, -0.1) is 0 Å². The van der Waals surface area contributed by atoms with Gasteiger partial charge in [0.25, 0.3) is 0 Å². The lowest BCUT2D eigenvalue weighted by atomic mass is 10.2. The summed E-state index contributed by atoms with van der Waals surface area (Å²) >= 11 is 0. The molecule has 120 valence electrons. The summed E-state index contributed by atoms with van der Waals surface area (Å²) in [6, 6.07) is -0.811. The number of carboxylic acid groups (broad SMARTS) is 1. The highest BCUT2D eigenvalue weighted by atomic mass is 16.6. The Kier molecular flexibility index (Phi) is 7.88. The molecule has 2 amide bonds. The third-order valence-corrected chi connectivity index (χ3v) is 1.97. The standard InChI is InChI=1S/C13H22N2O6/c1-5-6-20-11(18)14-8-9(7-10(16)17)15-12(19)21-13(2,3)4/h5,9H,1,6-8H2,2-4H3,(H,14,18)(H,15,19)(H,16,17)/t9-/m1/s1. The molecular formula is C13H22N2O6. The second-order valence-electron chi connectivity index (χ2n) is 5.21. The van der Waals surface area contributed by atoms with Crippen LogP contribution in [0.5, 0.6) is 0 Å². The van der Waals surface area contributed by atoms with Gasteiger partial charge in [-0.2, -0.15) is 0 Å². The molecular weight excluding hydrogens is 280 g/mol. The van der Waals surface area contributed by atoms with E-state index in [1.165, 1.54) is 6.08 Å². The van der Waals surface area contributed by atoms with E-state index in [1.54, 1.807) is 20.8 Å². The molecule has 3 N–H and O–H groups in total. The van der Waals surface area contributed by atoms with Crippen molar-refractivity contribution in [2.45, 2.75) is 38.8 Å². The maximum absolute atomic E-state index is 11.6. The molecule has 0 aliphatic carbocycles. The van der Waals surface area contributed by atoms with Gasteiger partial charge in [0, 0.05) is 6.54 Å². The third kappa shape index (κ3) is 11.3. The van der Waals surface area contributed by atoms with Crippen LogP contribution < -0.4 is 10.6 Å². The lowest BCUT2D eigenvalue weighted by molar-refractivity contribution is -0.137. The van der Waals surface area contributed by atoms with Crippen molar-refractivity contribution in [3.8, 4) is 0 Å². The summed E-state index contributed by atoms with van der Waals surface area (Å²) in [5, 5.41) is 13.5. The van der Waals surface area contributed by atoms with Crippen LogP contribution in [0.3, 0.4) is 0 Å². The number of rotatable bonds is 7. The van der Waals surface area contributed by atoms with Crippen molar-refractivity contribution in [1.29, 1.82) is 0 Å². The van der Waals surface area contributed by atoms with Crippen molar-refractivity contribution in [2.75, 3.05) is 13.2 Å². The first-order chi connectivity index (χ1) is 9.64. The normalized spacial score (nSPS) is 12.0. The van der Waals surface area contributed by atoms with Gasteiger partial charge in [-0.25, -0.2) is 9.59 Å². The molecule has 21 heavy (non-hydrogen) atoms. The molecule has 0 aliphatic heterocycles. The molecule has 0 saturated heterocycles. The van der Waals surface area contributed by atoms with Crippen LogP contribution in [-0.2, 0) is 14.3 Å². The van der Waals surface area contributed by atoms with E-state index >= 15 is 0 Å². The fourth-order valence-corrected chi connectivity index (χ4v) is 1.25. The summed E-state index contributed by atoms with van der Waals surface area (Å²) < 4.78 is 9.69. The first-order valence-corrected chi connectivity index (χ1v) is 6.37. The average molecular weight is 302 g/mol. The molecule has 0 aliphatic rings. The number of carboxylic acids is 1. The van der Waals surface area contributed by atoms with Gasteiger partial charge in [0.05, 0.1) is 12.5 Å². The molecule has 0 radical (unpaired) electrons. The Morgan fingerprint density at radius 1 is 1.29 bits per heavy atom. The lowest BCUT2D eigenvalue weighted by Crippen LogP contribution is -2.46. The van der Waals surface area contributed by atoms with E-state index in [9.17, 15) is 14.4 Å². The van der Waals surface area contributed by atoms with Gasteiger partial charge in [0.2, 0.25) is 0 Å². The van der Waals surface area contributed by atoms with E-state index in [-0.39, 0.29) is 19.6 Å². The number of aliphatic carboxylic acids is 1. The minimum atomic E-state index is -1.11. The van der Waals surface area contributed by atoms with E-state index in [4.69, 9.17) is 9.84 Å². The van der Waals surface area contributed by atoms with Gasteiger partial charge in [0.15, 0.2) is 0 Å². The van der Waals surface area contributed by atoms with Gasteiger partial charge < -0.3 is 25.2 Å². The van der Waals surface area contributed by atoms with Crippen LogP contribution in [0, 0.1) is 0 Å². The van der Waals surface area contributed by atoms with Crippen molar-refractivity contribution in [3.63, 3.8) is 0 Å². The average Bonchev–Trinajstić information content (AvgIpc) is 2.30. The Morgan fingerprint density at radius 3 is 2.38 bits per heavy atom. The Hall–Kier alpha value is -2.25. The monoisotopic (exact) mass is 302 g/mol. The van der Waals surface area contributed by atoms with Crippen molar-refractivity contribution >= 4 is 18.2 Å². The maximum Gasteiger partial charge on any atom is 0.407 e. The largest absolute Gasteiger partial charge is 0.481 e. The number of amides is 2. The van der Waals surface area contributed by atoms with Crippen molar-refractivity contribution < 1.29 is 29.0 Å². The third-order valence-electron chi connectivity index (χ3n) is 1.97. The number of hydrogen-bond acceptors (Lipinski definition) is 5. The molecule has 8 heteroatoms. The molecule has 0 fully saturated rings. The molecule has 1 atom stereocenters. The molecule has 0 aromatic carbocycles. The van der Waals surface area contributed by atoms with Crippen LogP contribution in [-0.4, -0.2) is 48.1 Å². The summed E-state index contributed by atoms with van der Waals surface area (Å²) in [5.41, 5.74) is -0.700. The smallest absolute Gasteiger partial charge is 0.407 e. The van der Waals surface area contributed by atoms with Crippen LogP contribution in [0.2, 0.25) is 0 Å².